The minimum atomic E-state index is 0.0982. The average molecular weight is 220 g/mol. The molecule has 0 unspecified atom stereocenters. The molecule has 0 fully saturated rings. The maximum atomic E-state index is 8.60. The molecule has 0 radical (unpaired) electrons. The van der Waals surface area contributed by atoms with E-state index in [1.54, 1.807) is 7.11 Å². The van der Waals surface area contributed by atoms with Crippen LogP contribution in [0.2, 0.25) is 0 Å². The lowest BCUT2D eigenvalue weighted by atomic mass is 10.1. The molecule has 0 amide bonds. The summed E-state index contributed by atoms with van der Waals surface area (Å²) < 4.78 is 10.2. The summed E-state index contributed by atoms with van der Waals surface area (Å²) in [6.07, 6.45) is 0.501. The summed E-state index contributed by atoms with van der Waals surface area (Å²) in [6, 6.07) is 5.72. The molecule has 86 valence electrons. The Hall–Kier alpha value is -1.50. The average Bonchev–Trinajstić information content (AvgIpc) is 2.28. The van der Waals surface area contributed by atoms with Gasteiger partial charge in [0.1, 0.15) is 5.75 Å². The van der Waals surface area contributed by atoms with Crippen molar-refractivity contribution >= 4 is 0 Å². The topological polar surface area (TPSA) is 38.7 Å². The van der Waals surface area contributed by atoms with Crippen molar-refractivity contribution in [2.75, 3.05) is 20.5 Å². The van der Waals surface area contributed by atoms with Gasteiger partial charge in [0, 0.05) is 19.1 Å². The van der Waals surface area contributed by atoms with Crippen molar-refractivity contribution in [1.82, 2.24) is 0 Å². The predicted octanol–water partition coefficient (Wildman–Crippen LogP) is 1.71. The van der Waals surface area contributed by atoms with E-state index in [1.165, 1.54) is 0 Å². The first-order chi connectivity index (χ1) is 7.77. The third kappa shape index (κ3) is 3.93. The van der Waals surface area contributed by atoms with Crippen LogP contribution < -0.4 is 4.74 Å². The van der Waals surface area contributed by atoms with Gasteiger partial charge in [-0.15, -0.1) is 0 Å². The van der Waals surface area contributed by atoms with Gasteiger partial charge in [0.25, 0.3) is 0 Å². The highest BCUT2D eigenvalue weighted by Gasteiger charge is 1.99. The van der Waals surface area contributed by atoms with E-state index in [1.807, 2.05) is 25.1 Å². The molecule has 3 nitrogen and oxygen atoms in total. The maximum Gasteiger partial charge on any atom is 0.188 e. The van der Waals surface area contributed by atoms with Crippen LogP contribution in [-0.2, 0) is 4.74 Å². The van der Waals surface area contributed by atoms with Gasteiger partial charge in [-0.25, -0.2) is 0 Å². The largest absolute Gasteiger partial charge is 0.467 e. The van der Waals surface area contributed by atoms with E-state index in [9.17, 15) is 0 Å². The van der Waals surface area contributed by atoms with Gasteiger partial charge >= 0.3 is 0 Å². The van der Waals surface area contributed by atoms with Crippen molar-refractivity contribution in [3.8, 4) is 17.6 Å². The zero-order chi connectivity index (χ0) is 11.8. The van der Waals surface area contributed by atoms with Gasteiger partial charge in [-0.2, -0.15) is 0 Å². The molecular formula is C13H16O3. The molecule has 0 spiro atoms. The van der Waals surface area contributed by atoms with Gasteiger partial charge in [-0.05, 0) is 30.7 Å². The van der Waals surface area contributed by atoms with E-state index in [0.29, 0.717) is 6.42 Å². The number of methoxy groups -OCH3 is 1. The number of hydrogen-bond donors (Lipinski definition) is 1. The second kappa shape index (κ2) is 6.89. The quantitative estimate of drug-likeness (QED) is 0.620. The number of hydrogen-bond acceptors (Lipinski definition) is 3. The first-order valence-corrected chi connectivity index (χ1v) is 5.10. The molecule has 0 atom stereocenters. The molecule has 1 N–H and O–H groups in total. The van der Waals surface area contributed by atoms with Crippen LogP contribution in [0.3, 0.4) is 0 Å². The SMILES string of the molecule is COCOc1ccc(C#CCCO)cc1C. The van der Waals surface area contributed by atoms with Crippen molar-refractivity contribution < 1.29 is 14.6 Å². The van der Waals surface area contributed by atoms with Gasteiger partial charge in [-0.3, -0.25) is 0 Å². The van der Waals surface area contributed by atoms with Crippen LogP contribution in [0.5, 0.6) is 5.75 Å². The fraction of sp³-hybridized carbons (Fsp3) is 0.385. The number of ether oxygens (including phenoxy) is 2. The molecule has 0 heterocycles. The molecule has 0 saturated heterocycles. The van der Waals surface area contributed by atoms with Gasteiger partial charge in [-0.1, -0.05) is 11.8 Å². The van der Waals surface area contributed by atoms with Gasteiger partial charge in [0.05, 0.1) is 6.61 Å². The normalized spacial score (nSPS) is 9.44. The molecule has 0 aliphatic heterocycles. The summed E-state index contributed by atoms with van der Waals surface area (Å²) in [6.45, 7) is 2.31. The summed E-state index contributed by atoms with van der Waals surface area (Å²) in [5, 5.41) is 8.60. The molecule has 0 aromatic heterocycles. The Morgan fingerprint density at radius 2 is 2.19 bits per heavy atom. The summed E-state index contributed by atoms with van der Waals surface area (Å²) in [5.74, 6) is 6.65. The van der Waals surface area contributed by atoms with Crippen LogP contribution in [0.4, 0.5) is 0 Å². The molecule has 0 bridgehead atoms. The number of aliphatic hydroxyl groups excluding tert-OH is 1. The van der Waals surface area contributed by atoms with Crippen LogP contribution in [-0.4, -0.2) is 25.6 Å². The highest BCUT2D eigenvalue weighted by molar-refractivity contribution is 5.43. The summed E-state index contributed by atoms with van der Waals surface area (Å²) in [4.78, 5) is 0. The predicted molar refractivity (Wildman–Crippen MR) is 62.3 cm³/mol. The third-order valence-electron chi connectivity index (χ3n) is 1.98. The molecule has 1 rings (SSSR count). The lowest BCUT2D eigenvalue weighted by Crippen LogP contribution is -2.00. The van der Waals surface area contributed by atoms with Crippen LogP contribution in [0.25, 0.3) is 0 Å². The molecule has 1 aromatic carbocycles. The van der Waals surface area contributed by atoms with Gasteiger partial charge in [0.2, 0.25) is 0 Å². The van der Waals surface area contributed by atoms with Crippen molar-refractivity contribution in [3.05, 3.63) is 29.3 Å². The van der Waals surface area contributed by atoms with E-state index in [4.69, 9.17) is 14.6 Å². The van der Waals surface area contributed by atoms with Crippen molar-refractivity contribution in [2.24, 2.45) is 0 Å². The Balaban J connectivity index is 2.71. The molecular weight excluding hydrogens is 204 g/mol. The highest BCUT2D eigenvalue weighted by Crippen LogP contribution is 2.18. The van der Waals surface area contributed by atoms with Crippen LogP contribution in [0, 0.1) is 18.8 Å². The first kappa shape index (κ1) is 12.6. The number of benzene rings is 1. The van der Waals surface area contributed by atoms with Gasteiger partial charge < -0.3 is 14.6 Å². The third-order valence-corrected chi connectivity index (χ3v) is 1.98. The Labute approximate surface area is 96.0 Å². The highest BCUT2D eigenvalue weighted by atomic mass is 16.7. The first-order valence-electron chi connectivity index (χ1n) is 5.10. The number of rotatable bonds is 4. The Kier molecular flexibility index (Phi) is 5.41. The maximum absolute atomic E-state index is 8.60. The zero-order valence-corrected chi connectivity index (χ0v) is 9.62. The minimum absolute atomic E-state index is 0.0982. The van der Waals surface area contributed by atoms with E-state index in [0.717, 1.165) is 16.9 Å². The van der Waals surface area contributed by atoms with E-state index < -0.39 is 0 Å². The smallest absolute Gasteiger partial charge is 0.188 e. The molecule has 0 aliphatic rings. The summed E-state index contributed by atoms with van der Waals surface area (Å²) in [5.41, 5.74) is 1.95. The molecule has 0 saturated carbocycles. The van der Waals surface area contributed by atoms with Crippen molar-refractivity contribution in [3.63, 3.8) is 0 Å². The fourth-order valence-electron chi connectivity index (χ4n) is 1.23. The zero-order valence-electron chi connectivity index (χ0n) is 9.62. The standard InChI is InChI=1S/C13H16O3/c1-11-9-12(5-3-4-8-14)6-7-13(11)16-10-15-2/h6-7,9,14H,4,8,10H2,1-2H3. The Morgan fingerprint density at radius 1 is 1.38 bits per heavy atom. The molecule has 0 aliphatic carbocycles. The van der Waals surface area contributed by atoms with Crippen molar-refractivity contribution in [1.29, 1.82) is 0 Å². The number of aliphatic hydroxyl groups is 1. The van der Waals surface area contributed by atoms with Crippen LogP contribution >= 0.6 is 0 Å². The van der Waals surface area contributed by atoms with E-state index >= 15 is 0 Å². The second-order valence-corrected chi connectivity index (χ2v) is 3.31. The minimum Gasteiger partial charge on any atom is -0.467 e. The van der Waals surface area contributed by atoms with Crippen LogP contribution in [0.15, 0.2) is 18.2 Å². The van der Waals surface area contributed by atoms with Gasteiger partial charge in [0.15, 0.2) is 6.79 Å². The molecule has 3 heteroatoms. The van der Waals surface area contributed by atoms with E-state index in [-0.39, 0.29) is 13.4 Å². The van der Waals surface area contributed by atoms with Crippen molar-refractivity contribution in [2.45, 2.75) is 13.3 Å². The number of aryl methyl sites for hydroxylation is 1. The molecule has 1 aromatic rings. The Bertz CT molecular complexity index is 388. The lowest BCUT2D eigenvalue weighted by molar-refractivity contribution is 0.0506. The fourth-order valence-corrected chi connectivity index (χ4v) is 1.23. The Morgan fingerprint density at radius 3 is 2.81 bits per heavy atom. The second-order valence-electron chi connectivity index (χ2n) is 3.31. The summed E-state index contributed by atoms with van der Waals surface area (Å²) >= 11 is 0. The monoisotopic (exact) mass is 220 g/mol. The molecule has 16 heavy (non-hydrogen) atoms. The van der Waals surface area contributed by atoms with Crippen LogP contribution in [0.1, 0.15) is 17.5 Å². The lowest BCUT2D eigenvalue weighted by Gasteiger charge is -2.07. The van der Waals surface area contributed by atoms with E-state index in [2.05, 4.69) is 11.8 Å². The summed E-state index contributed by atoms with van der Waals surface area (Å²) in [7, 11) is 1.59.